The molecule has 112 valence electrons. The molecule has 0 unspecified atom stereocenters. The van der Waals surface area contributed by atoms with Crippen LogP contribution in [0.1, 0.15) is 44.0 Å². The molecule has 20 heavy (non-hydrogen) atoms. The molecular formula is C15H22O5. The van der Waals surface area contributed by atoms with Gasteiger partial charge < -0.3 is 14.9 Å². The highest BCUT2D eigenvalue weighted by molar-refractivity contribution is 5.96. The van der Waals surface area contributed by atoms with Crippen LogP contribution in [0.15, 0.2) is 18.2 Å². The van der Waals surface area contributed by atoms with Gasteiger partial charge in [-0.3, -0.25) is 9.59 Å². The number of carboxylic acid groups (broad SMARTS) is 1. The standard InChI is InChI=1S/C11H14O3.C4H8O2/c1-3-4-9(12)8-5-6-10(13)11(7-8)14-2;1-3(2)4(5)6/h5-7,13H,3-4H2,1-2H3;3H,1-2H3,(H,5,6). The molecule has 0 aliphatic carbocycles. The van der Waals surface area contributed by atoms with E-state index in [2.05, 4.69) is 0 Å². The minimum absolute atomic E-state index is 0.0561. The average molecular weight is 282 g/mol. The second kappa shape index (κ2) is 8.96. The van der Waals surface area contributed by atoms with Crippen molar-refractivity contribution in [1.82, 2.24) is 0 Å². The minimum atomic E-state index is -0.741. The largest absolute Gasteiger partial charge is 0.504 e. The Kier molecular flexibility index (Phi) is 8.04. The number of carbonyl (C=O) groups excluding carboxylic acids is 1. The van der Waals surface area contributed by atoms with Gasteiger partial charge in [-0.2, -0.15) is 0 Å². The number of hydrogen-bond acceptors (Lipinski definition) is 4. The molecule has 5 nitrogen and oxygen atoms in total. The Morgan fingerprint density at radius 3 is 2.25 bits per heavy atom. The third-order valence-electron chi connectivity index (χ3n) is 2.47. The Bertz CT molecular complexity index is 452. The van der Waals surface area contributed by atoms with E-state index in [1.54, 1.807) is 26.0 Å². The first-order valence-electron chi connectivity index (χ1n) is 6.46. The van der Waals surface area contributed by atoms with E-state index in [9.17, 15) is 14.7 Å². The maximum absolute atomic E-state index is 11.5. The van der Waals surface area contributed by atoms with Crippen LogP contribution in [0.5, 0.6) is 11.5 Å². The molecule has 0 saturated heterocycles. The van der Waals surface area contributed by atoms with Crippen LogP contribution < -0.4 is 4.74 Å². The van der Waals surface area contributed by atoms with Crippen molar-refractivity contribution < 1.29 is 24.5 Å². The first-order valence-corrected chi connectivity index (χ1v) is 6.46. The van der Waals surface area contributed by atoms with Crippen LogP contribution in [0.2, 0.25) is 0 Å². The Balaban J connectivity index is 0.000000511. The van der Waals surface area contributed by atoms with Gasteiger partial charge in [0.25, 0.3) is 0 Å². The molecule has 5 heteroatoms. The summed E-state index contributed by atoms with van der Waals surface area (Å²) in [4.78, 5) is 21.2. The molecule has 1 rings (SSSR count). The van der Waals surface area contributed by atoms with Gasteiger partial charge in [-0.25, -0.2) is 0 Å². The van der Waals surface area contributed by atoms with E-state index in [1.165, 1.54) is 13.2 Å². The topological polar surface area (TPSA) is 83.8 Å². The zero-order valence-electron chi connectivity index (χ0n) is 12.3. The number of ether oxygens (including phenoxy) is 1. The normalized spacial score (nSPS) is 9.65. The molecule has 1 aromatic carbocycles. The predicted molar refractivity (Wildman–Crippen MR) is 76.4 cm³/mol. The quantitative estimate of drug-likeness (QED) is 0.811. The van der Waals surface area contributed by atoms with Crippen LogP contribution in [0.4, 0.5) is 0 Å². The van der Waals surface area contributed by atoms with Crippen molar-refractivity contribution in [1.29, 1.82) is 0 Å². The Hall–Kier alpha value is -2.04. The van der Waals surface area contributed by atoms with Crippen LogP contribution in [-0.2, 0) is 4.79 Å². The number of ketones is 1. The number of hydrogen-bond donors (Lipinski definition) is 2. The van der Waals surface area contributed by atoms with E-state index in [4.69, 9.17) is 9.84 Å². The number of methoxy groups -OCH3 is 1. The van der Waals surface area contributed by atoms with Gasteiger partial charge in [0.1, 0.15) is 0 Å². The highest BCUT2D eigenvalue weighted by Gasteiger charge is 2.08. The summed E-state index contributed by atoms with van der Waals surface area (Å²) in [6, 6.07) is 4.64. The van der Waals surface area contributed by atoms with Crippen molar-refractivity contribution >= 4 is 11.8 Å². The lowest BCUT2D eigenvalue weighted by Gasteiger charge is -2.05. The Labute approximate surface area is 119 Å². The molecule has 0 aliphatic heterocycles. The molecule has 1 aromatic rings. The van der Waals surface area contributed by atoms with Crippen molar-refractivity contribution in [3.05, 3.63) is 23.8 Å². The summed E-state index contributed by atoms with van der Waals surface area (Å²) in [5, 5.41) is 17.3. The van der Waals surface area contributed by atoms with Gasteiger partial charge in [-0.15, -0.1) is 0 Å². The van der Waals surface area contributed by atoms with Gasteiger partial charge in [0.05, 0.1) is 13.0 Å². The SMILES string of the molecule is CC(C)C(=O)O.CCCC(=O)c1ccc(O)c(OC)c1. The van der Waals surface area contributed by atoms with Crippen LogP contribution in [0, 0.1) is 5.92 Å². The second-order valence-electron chi connectivity index (χ2n) is 4.55. The number of aliphatic carboxylic acids is 1. The van der Waals surface area contributed by atoms with Gasteiger partial charge in [-0.1, -0.05) is 20.8 Å². The summed E-state index contributed by atoms with van der Waals surface area (Å²) in [5.74, 6) is -0.502. The number of aromatic hydroxyl groups is 1. The lowest BCUT2D eigenvalue weighted by Crippen LogP contribution is -2.03. The maximum atomic E-state index is 11.5. The van der Waals surface area contributed by atoms with E-state index in [0.717, 1.165) is 6.42 Å². The number of carboxylic acids is 1. The summed E-state index contributed by atoms with van der Waals surface area (Å²) in [5.41, 5.74) is 0.585. The second-order valence-corrected chi connectivity index (χ2v) is 4.55. The van der Waals surface area contributed by atoms with Crippen LogP contribution in [-0.4, -0.2) is 29.1 Å². The fourth-order valence-electron chi connectivity index (χ4n) is 1.22. The summed E-state index contributed by atoms with van der Waals surface area (Å²) >= 11 is 0. The third-order valence-corrected chi connectivity index (χ3v) is 2.47. The smallest absolute Gasteiger partial charge is 0.305 e. The van der Waals surface area contributed by atoms with E-state index in [0.29, 0.717) is 17.7 Å². The fraction of sp³-hybridized carbons (Fsp3) is 0.467. The predicted octanol–water partition coefficient (Wildman–Crippen LogP) is 3.11. The van der Waals surface area contributed by atoms with Gasteiger partial charge in [0.2, 0.25) is 0 Å². The van der Waals surface area contributed by atoms with Crippen molar-refractivity contribution in [2.75, 3.05) is 7.11 Å². The van der Waals surface area contributed by atoms with Crippen molar-refractivity contribution in [2.45, 2.75) is 33.6 Å². The highest BCUT2D eigenvalue weighted by atomic mass is 16.5. The zero-order valence-corrected chi connectivity index (χ0v) is 12.3. The van der Waals surface area contributed by atoms with Gasteiger partial charge in [0, 0.05) is 12.0 Å². The molecule has 0 amide bonds. The van der Waals surface area contributed by atoms with Crippen LogP contribution >= 0.6 is 0 Å². The zero-order chi connectivity index (χ0) is 15.7. The minimum Gasteiger partial charge on any atom is -0.504 e. The van der Waals surface area contributed by atoms with Crippen molar-refractivity contribution in [2.24, 2.45) is 5.92 Å². The molecule has 0 aliphatic rings. The summed E-state index contributed by atoms with van der Waals surface area (Å²) < 4.78 is 4.91. The van der Waals surface area contributed by atoms with Crippen LogP contribution in [0.25, 0.3) is 0 Å². The summed E-state index contributed by atoms with van der Waals surface area (Å²) in [7, 11) is 1.46. The molecule has 2 N–H and O–H groups in total. The lowest BCUT2D eigenvalue weighted by molar-refractivity contribution is -0.140. The molecule has 0 saturated carbocycles. The summed E-state index contributed by atoms with van der Waals surface area (Å²) in [6.07, 6.45) is 1.34. The van der Waals surface area contributed by atoms with Gasteiger partial charge in [-0.05, 0) is 24.6 Å². The molecular weight excluding hydrogens is 260 g/mol. The Morgan fingerprint density at radius 1 is 1.30 bits per heavy atom. The Morgan fingerprint density at radius 2 is 1.85 bits per heavy atom. The lowest BCUT2D eigenvalue weighted by atomic mass is 10.1. The number of benzene rings is 1. The molecule has 0 heterocycles. The van der Waals surface area contributed by atoms with E-state index >= 15 is 0 Å². The fourth-order valence-corrected chi connectivity index (χ4v) is 1.22. The van der Waals surface area contributed by atoms with Crippen LogP contribution in [0.3, 0.4) is 0 Å². The highest BCUT2D eigenvalue weighted by Crippen LogP contribution is 2.26. The number of phenols is 1. The van der Waals surface area contributed by atoms with Gasteiger partial charge in [0.15, 0.2) is 17.3 Å². The van der Waals surface area contributed by atoms with E-state index < -0.39 is 5.97 Å². The first-order chi connectivity index (χ1) is 9.33. The number of phenolic OH excluding ortho intramolecular Hbond substituents is 1. The van der Waals surface area contributed by atoms with Gasteiger partial charge >= 0.3 is 5.97 Å². The number of rotatable bonds is 5. The molecule has 0 radical (unpaired) electrons. The first kappa shape index (κ1) is 18.0. The van der Waals surface area contributed by atoms with Crippen molar-refractivity contribution in [3.63, 3.8) is 0 Å². The van der Waals surface area contributed by atoms with E-state index in [1.807, 2.05) is 6.92 Å². The number of carbonyl (C=O) groups is 2. The molecule has 0 fully saturated rings. The van der Waals surface area contributed by atoms with Crippen molar-refractivity contribution in [3.8, 4) is 11.5 Å². The monoisotopic (exact) mass is 282 g/mol. The third kappa shape index (κ3) is 6.22. The summed E-state index contributed by atoms with van der Waals surface area (Å²) in [6.45, 7) is 5.24. The maximum Gasteiger partial charge on any atom is 0.305 e. The molecule has 0 spiro atoms. The molecule has 0 atom stereocenters. The van der Waals surface area contributed by atoms with E-state index in [-0.39, 0.29) is 17.5 Å². The molecule has 0 bridgehead atoms. The molecule has 0 aromatic heterocycles. The average Bonchev–Trinajstić information content (AvgIpc) is 2.40. The number of Topliss-reactive ketones (excluding diaryl/α,β-unsaturated/α-hetero) is 1.